The molecule has 0 aromatic heterocycles. The number of nitrogens with one attached hydrogen (secondary N) is 1. The monoisotopic (exact) mass is 386 g/mol. The number of benzene rings is 2. The summed E-state index contributed by atoms with van der Waals surface area (Å²) in [5.74, 6) is -0.272. The van der Waals surface area contributed by atoms with Gasteiger partial charge in [0.25, 0.3) is 5.91 Å². The number of likely N-dealkylation sites (N-methyl/N-ethyl adjacent to an activating group) is 1. The summed E-state index contributed by atoms with van der Waals surface area (Å²) in [4.78, 5) is 26.6. The van der Waals surface area contributed by atoms with Gasteiger partial charge in [-0.3, -0.25) is 9.59 Å². The third-order valence-corrected chi connectivity index (χ3v) is 4.69. The molecule has 150 valence electrons. The summed E-state index contributed by atoms with van der Waals surface area (Å²) in [6.07, 6.45) is 0. The van der Waals surface area contributed by atoms with Crippen LogP contribution < -0.4 is 10.1 Å². The van der Waals surface area contributed by atoms with Crippen molar-refractivity contribution < 1.29 is 18.7 Å². The molecule has 1 N–H and O–H groups in total. The molecule has 0 aliphatic carbocycles. The summed E-state index contributed by atoms with van der Waals surface area (Å²) in [7, 11) is 0. The van der Waals surface area contributed by atoms with Crippen LogP contribution in [0.5, 0.6) is 5.75 Å². The van der Waals surface area contributed by atoms with E-state index < -0.39 is 6.04 Å². The van der Waals surface area contributed by atoms with Crippen molar-refractivity contribution in [2.75, 3.05) is 13.2 Å². The molecule has 0 bridgehead atoms. The molecule has 0 aliphatic heterocycles. The number of carbonyl (C=O) groups is 2. The minimum absolute atomic E-state index is 0.185. The maximum atomic E-state index is 13.2. The van der Waals surface area contributed by atoms with E-state index in [2.05, 4.69) is 5.32 Å². The van der Waals surface area contributed by atoms with E-state index in [0.717, 1.165) is 16.7 Å². The molecule has 6 heteroatoms. The highest BCUT2D eigenvalue weighted by atomic mass is 19.1. The summed E-state index contributed by atoms with van der Waals surface area (Å²) in [6, 6.07) is 10.9. The summed E-state index contributed by atoms with van der Waals surface area (Å²) >= 11 is 0. The van der Waals surface area contributed by atoms with Gasteiger partial charge in [-0.15, -0.1) is 0 Å². The Morgan fingerprint density at radius 1 is 1.14 bits per heavy atom. The van der Waals surface area contributed by atoms with Crippen molar-refractivity contribution >= 4 is 11.8 Å². The average molecular weight is 386 g/mol. The Bertz CT molecular complexity index is 821. The van der Waals surface area contributed by atoms with Gasteiger partial charge in [0.1, 0.15) is 17.6 Å². The van der Waals surface area contributed by atoms with Crippen LogP contribution in [0.4, 0.5) is 4.39 Å². The molecular formula is C22H27FN2O3. The van der Waals surface area contributed by atoms with Crippen LogP contribution in [-0.2, 0) is 16.1 Å². The number of ether oxygens (including phenoxy) is 1. The Morgan fingerprint density at radius 2 is 1.82 bits per heavy atom. The summed E-state index contributed by atoms with van der Waals surface area (Å²) in [5.41, 5.74) is 2.78. The normalized spacial score (nSPS) is 11.6. The van der Waals surface area contributed by atoms with Gasteiger partial charge in [-0.25, -0.2) is 4.39 Å². The minimum atomic E-state index is -0.681. The average Bonchev–Trinajstić information content (AvgIpc) is 2.68. The fourth-order valence-electron chi connectivity index (χ4n) is 2.79. The molecule has 0 saturated carbocycles. The summed E-state index contributed by atoms with van der Waals surface area (Å²) in [5, 5.41) is 2.73. The van der Waals surface area contributed by atoms with Gasteiger partial charge in [0.15, 0.2) is 6.61 Å². The van der Waals surface area contributed by atoms with E-state index in [-0.39, 0.29) is 30.8 Å². The van der Waals surface area contributed by atoms with Crippen molar-refractivity contribution in [2.24, 2.45) is 0 Å². The molecule has 2 aromatic carbocycles. The van der Waals surface area contributed by atoms with E-state index in [1.165, 1.54) is 17.0 Å². The lowest BCUT2D eigenvalue weighted by molar-refractivity contribution is -0.142. The lowest BCUT2D eigenvalue weighted by Crippen LogP contribution is -2.49. The third kappa shape index (κ3) is 5.55. The maximum absolute atomic E-state index is 13.2. The zero-order valence-electron chi connectivity index (χ0n) is 16.8. The standard InChI is InChI=1S/C22H27FN2O3/c1-5-24-22(27)17(4)25(13-18-9-11-19(23)12-10-18)21(26)14-28-20-8-6-7-15(2)16(20)3/h6-12,17H,5,13-14H2,1-4H3,(H,24,27). The number of halogens is 1. The largest absolute Gasteiger partial charge is 0.483 e. The molecule has 0 fully saturated rings. The number of hydrogen-bond acceptors (Lipinski definition) is 3. The van der Waals surface area contributed by atoms with E-state index in [1.807, 2.05) is 39.0 Å². The van der Waals surface area contributed by atoms with Gasteiger partial charge in [0.05, 0.1) is 0 Å². The fourth-order valence-corrected chi connectivity index (χ4v) is 2.79. The van der Waals surface area contributed by atoms with Crippen molar-refractivity contribution in [2.45, 2.75) is 40.3 Å². The van der Waals surface area contributed by atoms with Crippen molar-refractivity contribution in [3.8, 4) is 5.75 Å². The Balaban J connectivity index is 2.16. The minimum Gasteiger partial charge on any atom is -0.483 e. The van der Waals surface area contributed by atoms with Crippen molar-refractivity contribution in [1.82, 2.24) is 10.2 Å². The molecule has 0 aliphatic rings. The number of carbonyl (C=O) groups excluding carboxylic acids is 2. The zero-order valence-corrected chi connectivity index (χ0v) is 16.8. The van der Waals surface area contributed by atoms with Gasteiger partial charge in [0.2, 0.25) is 5.91 Å². The van der Waals surface area contributed by atoms with Crippen LogP contribution in [0, 0.1) is 19.7 Å². The van der Waals surface area contributed by atoms with Gasteiger partial charge in [-0.2, -0.15) is 0 Å². The van der Waals surface area contributed by atoms with Gasteiger partial charge in [-0.05, 0) is 62.6 Å². The Morgan fingerprint density at radius 3 is 2.46 bits per heavy atom. The van der Waals surface area contributed by atoms with Crippen LogP contribution in [0.15, 0.2) is 42.5 Å². The number of rotatable bonds is 8. The van der Waals surface area contributed by atoms with E-state index in [4.69, 9.17) is 4.74 Å². The van der Waals surface area contributed by atoms with Crippen LogP contribution in [0.3, 0.4) is 0 Å². The van der Waals surface area contributed by atoms with Crippen LogP contribution in [0.25, 0.3) is 0 Å². The highest BCUT2D eigenvalue weighted by Gasteiger charge is 2.26. The zero-order chi connectivity index (χ0) is 20.7. The summed E-state index contributed by atoms with van der Waals surface area (Å²) < 4.78 is 18.9. The topological polar surface area (TPSA) is 58.6 Å². The molecule has 0 spiro atoms. The fraction of sp³-hybridized carbons (Fsp3) is 0.364. The first kappa shape index (κ1) is 21.4. The smallest absolute Gasteiger partial charge is 0.261 e. The SMILES string of the molecule is CCNC(=O)C(C)N(Cc1ccc(F)cc1)C(=O)COc1cccc(C)c1C. The quantitative estimate of drug-likeness (QED) is 0.757. The Labute approximate surface area is 165 Å². The van der Waals surface area contributed by atoms with Crippen molar-refractivity contribution in [3.63, 3.8) is 0 Å². The lowest BCUT2D eigenvalue weighted by Gasteiger charge is -2.28. The molecule has 2 rings (SSSR count). The molecule has 1 atom stereocenters. The first-order valence-electron chi connectivity index (χ1n) is 9.34. The molecule has 0 saturated heterocycles. The predicted molar refractivity (Wildman–Crippen MR) is 107 cm³/mol. The van der Waals surface area contributed by atoms with E-state index >= 15 is 0 Å². The Hall–Kier alpha value is -2.89. The van der Waals surface area contributed by atoms with Gasteiger partial charge < -0.3 is 15.0 Å². The molecule has 0 heterocycles. The van der Waals surface area contributed by atoms with E-state index in [0.29, 0.717) is 12.3 Å². The van der Waals surface area contributed by atoms with Crippen LogP contribution in [0.2, 0.25) is 0 Å². The molecule has 28 heavy (non-hydrogen) atoms. The lowest BCUT2D eigenvalue weighted by atomic mass is 10.1. The predicted octanol–water partition coefficient (Wildman–Crippen LogP) is 3.37. The summed E-state index contributed by atoms with van der Waals surface area (Å²) in [6.45, 7) is 7.87. The van der Waals surface area contributed by atoms with Gasteiger partial charge in [-0.1, -0.05) is 24.3 Å². The molecule has 2 amide bonds. The molecule has 1 unspecified atom stereocenters. The van der Waals surface area contributed by atoms with Gasteiger partial charge in [0, 0.05) is 13.1 Å². The number of amides is 2. The first-order valence-corrected chi connectivity index (χ1v) is 9.34. The third-order valence-electron chi connectivity index (χ3n) is 4.69. The molecule has 5 nitrogen and oxygen atoms in total. The maximum Gasteiger partial charge on any atom is 0.261 e. The second kappa shape index (κ2) is 9.88. The van der Waals surface area contributed by atoms with E-state index in [9.17, 15) is 14.0 Å². The highest BCUT2D eigenvalue weighted by molar-refractivity contribution is 5.87. The van der Waals surface area contributed by atoms with Gasteiger partial charge >= 0.3 is 0 Å². The second-order valence-corrected chi connectivity index (χ2v) is 6.71. The number of nitrogens with zero attached hydrogens (tertiary/aromatic N) is 1. The van der Waals surface area contributed by atoms with Crippen molar-refractivity contribution in [3.05, 3.63) is 65.0 Å². The Kier molecular flexibility index (Phi) is 7.55. The number of aryl methyl sites for hydroxylation is 1. The van der Waals surface area contributed by atoms with Crippen LogP contribution in [0.1, 0.15) is 30.5 Å². The first-order chi connectivity index (χ1) is 13.3. The number of hydrogen-bond donors (Lipinski definition) is 1. The van der Waals surface area contributed by atoms with Crippen LogP contribution in [-0.4, -0.2) is 35.9 Å². The second-order valence-electron chi connectivity index (χ2n) is 6.71. The van der Waals surface area contributed by atoms with E-state index in [1.54, 1.807) is 19.1 Å². The van der Waals surface area contributed by atoms with Crippen LogP contribution >= 0.6 is 0 Å². The molecule has 0 radical (unpaired) electrons. The highest BCUT2D eigenvalue weighted by Crippen LogP contribution is 2.21. The van der Waals surface area contributed by atoms with Crippen molar-refractivity contribution in [1.29, 1.82) is 0 Å². The molecule has 2 aromatic rings. The molecular weight excluding hydrogens is 359 g/mol.